The molecule has 2 aromatic heterocycles. The van der Waals surface area contributed by atoms with Gasteiger partial charge in [0.15, 0.2) is 0 Å². The van der Waals surface area contributed by atoms with Gasteiger partial charge in [0.2, 0.25) is 0 Å². The smallest absolute Gasteiger partial charge is 0.317 e. The molecule has 2 N–H and O–H groups in total. The summed E-state index contributed by atoms with van der Waals surface area (Å²) in [6.07, 6.45) is 7.18. The second-order valence-corrected chi connectivity index (χ2v) is 6.53. The van der Waals surface area contributed by atoms with E-state index in [1.165, 1.54) is 0 Å². The van der Waals surface area contributed by atoms with Crippen molar-refractivity contribution in [2.45, 2.75) is 32.4 Å². The molecule has 1 saturated heterocycles. The van der Waals surface area contributed by atoms with Crippen molar-refractivity contribution >= 4 is 11.8 Å². The molecule has 3 rings (SSSR count). The molecule has 0 aliphatic carbocycles. The summed E-state index contributed by atoms with van der Waals surface area (Å²) < 4.78 is 1.89. The van der Waals surface area contributed by atoms with Crippen molar-refractivity contribution in [1.82, 2.24) is 30.2 Å². The molecule has 1 atom stereocenters. The molecule has 1 aliphatic heterocycles. The minimum atomic E-state index is 0.0188. The molecule has 2 aromatic rings. The minimum absolute atomic E-state index is 0.0188. The van der Waals surface area contributed by atoms with Gasteiger partial charge in [-0.3, -0.25) is 4.68 Å². The number of rotatable bonds is 6. The van der Waals surface area contributed by atoms with E-state index in [1.807, 2.05) is 34.0 Å². The highest BCUT2D eigenvalue weighted by Crippen LogP contribution is 2.14. The van der Waals surface area contributed by atoms with Gasteiger partial charge in [0, 0.05) is 50.8 Å². The minimum Gasteiger partial charge on any atom is -0.366 e. The second-order valence-electron chi connectivity index (χ2n) is 6.53. The molecule has 1 unspecified atom stereocenters. The molecule has 0 radical (unpaired) electrons. The van der Waals surface area contributed by atoms with Crippen LogP contribution in [0.2, 0.25) is 0 Å². The lowest BCUT2D eigenvalue weighted by molar-refractivity contribution is 0.181. The monoisotopic (exact) mass is 343 g/mol. The number of piperidine rings is 1. The van der Waals surface area contributed by atoms with Crippen LogP contribution in [0, 0.1) is 5.92 Å². The lowest BCUT2D eigenvalue weighted by atomic mass is 10.1. The molecule has 0 bridgehead atoms. The fourth-order valence-electron chi connectivity index (χ4n) is 2.98. The fraction of sp³-hybridized carbons (Fsp3) is 0.529. The number of likely N-dealkylation sites (tertiary alicyclic amines) is 1. The number of hydrogen-bond donors (Lipinski definition) is 2. The third-order valence-electron chi connectivity index (χ3n) is 4.37. The number of carbonyl (C=O) groups excluding carboxylic acids is 1. The van der Waals surface area contributed by atoms with Gasteiger partial charge in [-0.2, -0.15) is 10.2 Å². The number of carbonyl (C=O) groups is 1. The molecule has 25 heavy (non-hydrogen) atoms. The number of nitrogens with zero attached hydrogens (tertiary/aromatic N) is 5. The van der Waals surface area contributed by atoms with Crippen molar-refractivity contribution in [3.63, 3.8) is 0 Å². The van der Waals surface area contributed by atoms with Crippen LogP contribution >= 0.6 is 0 Å². The van der Waals surface area contributed by atoms with E-state index in [1.54, 1.807) is 12.4 Å². The Morgan fingerprint density at radius 3 is 2.84 bits per heavy atom. The van der Waals surface area contributed by atoms with Crippen LogP contribution in [0.15, 0.2) is 36.8 Å². The Hall–Kier alpha value is -2.64. The number of urea groups is 1. The first-order valence-electron chi connectivity index (χ1n) is 8.75. The van der Waals surface area contributed by atoms with Gasteiger partial charge in [-0.25, -0.2) is 4.79 Å². The average molecular weight is 343 g/mol. The normalized spacial score (nSPS) is 16.4. The van der Waals surface area contributed by atoms with Gasteiger partial charge in [0.25, 0.3) is 0 Å². The molecule has 0 saturated carbocycles. The molecule has 0 spiro atoms. The summed E-state index contributed by atoms with van der Waals surface area (Å²) in [5, 5.41) is 18.5. The molecule has 0 aromatic carbocycles. The summed E-state index contributed by atoms with van der Waals surface area (Å²) in [6, 6.07) is 6.03. The summed E-state index contributed by atoms with van der Waals surface area (Å²) in [6.45, 7) is 5.06. The maximum absolute atomic E-state index is 12.3. The maximum Gasteiger partial charge on any atom is 0.317 e. The summed E-state index contributed by atoms with van der Waals surface area (Å²) in [5.74, 6) is 1.12. The zero-order valence-corrected chi connectivity index (χ0v) is 14.5. The largest absolute Gasteiger partial charge is 0.366 e. The molecule has 1 fully saturated rings. The predicted octanol–water partition coefficient (Wildman–Crippen LogP) is 1.60. The third kappa shape index (κ3) is 5.17. The van der Waals surface area contributed by atoms with Crippen LogP contribution in [-0.4, -0.2) is 56.6 Å². The van der Waals surface area contributed by atoms with Gasteiger partial charge in [0.1, 0.15) is 5.82 Å². The first kappa shape index (κ1) is 17.2. The van der Waals surface area contributed by atoms with Gasteiger partial charge < -0.3 is 15.5 Å². The van der Waals surface area contributed by atoms with Gasteiger partial charge >= 0.3 is 6.03 Å². The SMILES string of the molecule is CC(CNC(=O)N1CCC(Nc2cccnn2)CC1)Cn1cccn1. The summed E-state index contributed by atoms with van der Waals surface area (Å²) in [4.78, 5) is 14.2. The average Bonchev–Trinajstić information content (AvgIpc) is 3.14. The molecule has 8 heteroatoms. The first-order valence-corrected chi connectivity index (χ1v) is 8.75. The van der Waals surface area contributed by atoms with Gasteiger partial charge in [-0.1, -0.05) is 6.92 Å². The van der Waals surface area contributed by atoms with Crippen molar-refractivity contribution < 1.29 is 4.79 Å². The Balaban J connectivity index is 1.36. The number of amides is 2. The summed E-state index contributed by atoms with van der Waals surface area (Å²) >= 11 is 0. The van der Waals surface area contributed by atoms with E-state index in [0.29, 0.717) is 18.5 Å². The van der Waals surface area contributed by atoms with Crippen molar-refractivity contribution in [3.05, 3.63) is 36.8 Å². The zero-order valence-electron chi connectivity index (χ0n) is 14.5. The second kappa shape index (κ2) is 8.46. The number of nitrogens with one attached hydrogen (secondary N) is 2. The molecule has 134 valence electrons. The van der Waals surface area contributed by atoms with E-state index in [-0.39, 0.29) is 6.03 Å². The molecule has 1 aliphatic rings. The Labute approximate surface area is 147 Å². The van der Waals surface area contributed by atoms with Gasteiger partial charge in [-0.05, 0) is 37.0 Å². The predicted molar refractivity (Wildman–Crippen MR) is 95.0 cm³/mol. The van der Waals surface area contributed by atoms with Crippen LogP contribution in [0.5, 0.6) is 0 Å². The summed E-state index contributed by atoms with van der Waals surface area (Å²) in [5.41, 5.74) is 0. The Morgan fingerprint density at radius 1 is 1.32 bits per heavy atom. The van der Waals surface area contributed by atoms with Crippen LogP contribution < -0.4 is 10.6 Å². The van der Waals surface area contributed by atoms with Crippen molar-refractivity contribution in [3.8, 4) is 0 Å². The standard InChI is InChI=1S/C17H25N7O/c1-14(13-24-9-3-8-20-24)12-18-17(25)23-10-5-15(6-11-23)21-16-4-2-7-19-22-16/h2-4,7-9,14-15H,5-6,10-13H2,1H3,(H,18,25)(H,21,22). The quantitative estimate of drug-likeness (QED) is 0.832. The Bertz CT molecular complexity index is 638. The Morgan fingerprint density at radius 2 is 2.16 bits per heavy atom. The number of hydrogen-bond acceptors (Lipinski definition) is 5. The van der Waals surface area contributed by atoms with Crippen LogP contribution in [0.25, 0.3) is 0 Å². The topological polar surface area (TPSA) is 88.0 Å². The van der Waals surface area contributed by atoms with Gasteiger partial charge in [-0.15, -0.1) is 5.10 Å². The third-order valence-corrected chi connectivity index (χ3v) is 4.37. The van der Waals surface area contributed by atoms with Crippen LogP contribution in [0.3, 0.4) is 0 Å². The molecular formula is C17H25N7O. The van der Waals surface area contributed by atoms with Crippen molar-refractivity contribution in [1.29, 1.82) is 0 Å². The van der Waals surface area contributed by atoms with E-state index in [2.05, 4.69) is 32.9 Å². The van der Waals surface area contributed by atoms with E-state index in [0.717, 1.165) is 38.3 Å². The lowest BCUT2D eigenvalue weighted by Crippen LogP contribution is -2.47. The Kier molecular flexibility index (Phi) is 5.81. The van der Waals surface area contributed by atoms with E-state index in [9.17, 15) is 4.79 Å². The molecular weight excluding hydrogens is 318 g/mol. The van der Waals surface area contributed by atoms with Crippen molar-refractivity contribution in [2.24, 2.45) is 5.92 Å². The number of anilines is 1. The number of aromatic nitrogens is 4. The summed E-state index contributed by atoms with van der Waals surface area (Å²) in [7, 11) is 0. The van der Waals surface area contributed by atoms with Gasteiger partial charge in [0.05, 0.1) is 0 Å². The van der Waals surface area contributed by atoms with Crippen LogP contribution in [0.1, 0.15) is 19.8 Å². The molecule has 2 amide bonds. The fourth-order valence-corrected chi connectivity index (χ4v) is 2.98. The van der Waals surface area contributed by atoms with E-state index < -0.39 is 0 Å². The highest BCUT2D eigenvalue weighted by atomic mass is 16.2. The zero-order chi connectivity index (χ0) is 17.5. The molecule has 8 nitrogen and oxygen atoms in total. The van der Waals surface area contributed by atoms with Crippen LogP contribution in [-0.2, 0) is 6.54 Å². The molecule has 3 heterocycles. The van der Waals surface area contributed by atoms with Crippen LogP contribution in [0.4, 0.5) is 10.6 Å². The van der Waals surface area contributed by atoms with E-state index in [4.69, 9.17) is 0 Å². The van der Waals surface area contributed by atoms with Crippen molar-refractivity contribution in [2.75, 3.05) is 25.0 Å². The first-order chi connectivity index (χ1) is 12.2. The lowest BCUT2D eigenvalue weighted by Gasteiger charge is -2.32. The maximum atomic E-state index is 12.3. The highest BCUT2D eigenvalue weighted by Gasteiger charge is 2.23. The van der Waals surface area contributed by atoms with E-state index >= 15 is 0 Å². The highest BCUT2D eigenvalue weighted by molar-refractivity contribution is 5.74.